The third-order valence-electron chi connectivity index (χ3n) is 4.88. The fraction of sp³-hybridized carbons (Fsp3) is 0.667. The monoisotopic (exact) mass is 273 g/mol. The summed E-state index contributed by atoms with van der Waals surface area (Å²) in [5.74, 6) is 1.50. The van der Waals surface area contributed by atoms with E-state index in [2.05, 4.69) is 36.5 Å². The van der Waals surface area contributed by atoms with Crippen molar-refractivity contribution in [2.24, 2.45) is 5.92 Å². The van der Waals surface area contributed by atoms with E-state index in [1.807, 2.05) is 0 Å². The maximum Gasteiger partial charge on any atom is 0.0774 e. The summed E-state index contributed by atoms with van der Waals surface area (Å²) in [6.07, 6.45) is 7.05. The van der Waals surface area contributed by atoms with E-state index in [9.17, 15) is 5.11 Å². The number of rotatable bonds is 5. The first-order chi connectivity index (χ1) is 9.65. The molecule has 2 fully saturated rings. The van der Waals surface area contributed by atoms with Crippen molar-refractivity contribution in [3.8, 4) is 0 Å². The van der Waals surface area contributed by atoms with E-state index in [1.165, 1.54) is 30.4 Å². The summed E-state index contributed by atoms with van der Waals surface area (Å²) in [5, 5.41) is 14.0. The van der Waals surface area contributed by atoms with Gasteiger partial charge in [0.2, 0.25) is 0 Å². The molecule has 2 aliphatic rings. The summed E-state index contributed by atoms with van der Waals surface area (Å²) in [6, 6.07) is 9.00. The van der Waals surface area contributed by atoms with Gasteiger partial charge in [-0.25, -0.2) is 0 Å². The van der Waals surface area contributed by atoms with Gasteiger partial charge in [0.25, 0.3) is 0 Å². The Hall–Kier alpha value is -0.860. The van der Waals surface area contributed by atoms with Gasteiger partial charge in [-0.15, -0.1) is 0 Å². The lowest BCUT2D eigenvalue weighted by Crippen LogP contribution is -2.43. The molecule has 3 rings (SSSR count). The van der Waals surface area contributed by atoms with Crippen molar-refractivity contribution in [2.75, 3.05) is 6.54 Å². The van der Waals surface area contributed by atoms with Crippen molar-refractivity contribution in [1.82, 2.24) is 5.32 Å². The number of benzene rings is 1. The molecule has 0 radical (unpaired) electrons. The Kier molecular flexibility index (Phi) is 4.13. The van der Waals surface area contributed by atoms with E-state index in [0.29, 0.717) is 5.92 Å². The molecule has 0 aromatic heterocycles. The van der Waals surface area contributed by atoms with Crippen LogP contribution >= 0.6 is 0 Å². The minimum atomic E-state index is -0.481. The average Bonchev–Trinajstić information content (AvgIpc) is 3.23. The van der Waals surface area contributed by atoms with E-state index in [0.717, 1.165) is 38.3 Å². The minimum absolute atomic E-state index is 0.481. The second-order valence-corrected chi connectivity index (χ2v) is 7.05. The van der Waals surface area contributed by atoms with Crippen LogP contribution in [0.25, 0.3) is 0 Å². The second-order valence-electron chi connectivity index (χ2n) is 7.05. The second kappa shape index (κ2) is 5.87. The van der Waals surface area contributed by atoms with E-state index >= 15 is 0 Å². The van der Waals surface area contributed by atoms with Crippen LogP contribution in [0.1, 0.15) is 62.5 Å². The third-order valence-corrected chi connectivity index (χ3v) is 4.88. The molecule has 2 N–H and O–H groups in total. The summed E-state index contributed by atoms with van der Waals surface area (Å²) in [6.45, 7) is 3.84. The molecule has 1 aromatic carbocycles. The van der Waals surface area contributed by atoms with E-state index in [1.54, 1.807) is 0 Å². The topological polar surface area (TPSA) is 32.3 Å². The molecule has 20 heavy (non-hydrogen) atoms. The largest absolute Gasteiger partial charge is 0.389 e. The molecule has 2 aliphatic carbocycles. The number of nitrogens with one attached hydrogen (secondary N) is 1. The number of aliphatic hydroxyl groups is 1. The molecule has 110 valence electrons. The van der Waals surface area contributed by atoms with Crippen LogP contribution in [0.5, 0.6) is 0 Å². The quantitative estimate of drug-likeness (QED) is 0.859. The Morgan fingerprint density at radius 3 is 2.60 bits per heavy atom. The predicted molar refractivity (Wildman–Crippen MR) is 82.7 cm³/mol. The summed E-state index contributed by atoms with van der Waals surface area (Å²) in [7, 11) is 0. The Morgan fingerprint density at radius 2 is 1.95 bits per heavy atom. The number of hydrogen-bond acceptors (Lipinski definition) is 2. The van der Waals surface area contributed by atoms with Crippen molar-refractivity contribution in [2.45, 2.75) is 63.5 Å². The highest BCUT2D eigenvalue weighted by molar-refractivity contribution is 5.27. The smallest absolute Gasteiger partial charge is 0.0774 e. The zero-order valence-electron chi connectivity index (χ0n) is 12.6. The van der Waals surface area contributed by atoms with Crippen LogP contribution in [0.4, 0.5) is 0 Å². The van der Waals surface area contributed by atoms with Crippen LogP contribution in [0.15, 0.2) is 24.3 Å². The maximum atomic E-state index is 10.6. The van der Waals surface area contributed by atoms with Gasteiger partial charge in [0, 0.05) is 13.1 Å². The molecule has 0 bridgehead atoms. The summed E-state index contributed by atoms with van der Waals surface area (Å²) in [4.78, 5) is 0. The third kappa shape index (κ3) is 3.62. The molecule has 2 heteroatoms. The molecular formula is C18H27NO. The van der Waals surface area contributed by atoms with Crippen molar-refractivity contribution in [1.29, 1.82) is 0 Å². The molecule has 0 spiro atoms. The highest BCUT2D eigenvalue weighted by Crippen LogP contribution is 2.39. The zero-order valence-corrected chi connectivity index (χ0v) is 12.6. The fourth-order valence-electron chi connectivity index (χ4n) is 3.56. The maximum absolute atomic E-state index is 10.6. The predicted octanol–water partition coefficient (Wildman–Crippen LogP) is 3.59. The van der Waals surface area contributed by atoms with Crippen molar-refractivity contribution < 1.29 is 5.11 Å². The highest BCUT2D eigenvalue weighted by atomic mass is 16.3. The van der Waals surface area contributed by atoms with Gasteiger partial charge in [-0.2, -0.15) is 0 Å². The Bertz CT molecular complexity index is 437. The van der Waals surface area contributed by atoms with E-state index in [4.69, 9.17) is 0 Å². The zero-order chi connectivity index (χ0) is 14.0. The highest BCUT2D eigenvalue weighted by Gasteiger charge is 2.32. The molecule has 2 atom stereocenters. The molecule has 0 aliphatic heterocycles. The van der Waals surface area contributed by atoms with Crippen LogP contribution in [0, 0.1) is 5.92 Å². The van der Waals surface area contributed by atoms with Crippen molar-refractivity contribution >= 4 is 0 Å². The van der Waals surface area contributed by atoms with Gasteiger partial charge in [-0.3, -0.25) is 0 Å². The van der Waals surface area contributed by atoms with Gasteiger partial charge in [0.05, 0.1) is 5.60 Å². The van der Waals surface area contributed by atoms with Gasteiger partial charge in [-0.05, 0) is 48.6 Å². The fourth-order valence-corrected chi connectivity index (χ4v) is 3.56. The molecule has 0 amide bonds. The lowest BCUT2D eigenvalue weighted by atomic mass is 9.79. The van der Waals surface area contributed by atoms with Crippen LogP contribution in [0.3, 0.4) is 0 Å². The first kappa shape index (κ1) is 14.1. The van der Waals surface area contributed by atoms with Crippen LogP contribution < -0.4 is 5.32 Å². The first-order valence-electron chi connectivity index (χ1n) is 8.17. The van der Waals surface area contributed by atoms with Crippen molar-refractivity contribution in [3.63, 3.8) is 0 Å². The first-order valence-corrected chi connectivity index (χ1v) is 8.17. The lowest BCUT2D eigenvalue weighted by molar-refractivity contribution is -0.0119. The van der Waals surface area contributed by atoms with Gasteiger partial charge in [-0.1, -0.05) is 44.0 Å². The number of hydrogen-bond donors (Lipinski definition) is 2. The van der Waals surface area contributed by atoms with Crippen LogP contribution in [0.2, 0.25) is 0 Å². The summed E-state index contributed by atoms with van der Waals surface area (Å²) < 4.78 is 0. The van der Waals surface area contributed by atoms with Crippen LogP contribution in [-0.2, 0) is 6.54 Å². The van der Waals surface area contributed by atoms with Crippen LogP contribution in [-0.4, -0.2) is 17.3 Å². The normalized spacial score (nSPS) is 30.4. The van der Waals surface area contributed by atoms with E-state index < -0.39 is 5.60 Å². The summed E-state index contributed by atoms with van der Waals surface area (Å²) >= 11 is 0. The molecule has 2 unspecified atom stereocenters. The molecule has 2 saturated carbocycles. The Morgan fingerprint density at radius 1 is 1.20 bits per heavy atom. The van der Waals surface area contributed by atoms with Gasteiger partial charge in [0.15, 0.2) is 0 Å². The van der Waals surface area contributed by atoms with Crippen molar-refractivity contribution in [3.05, 3.63) is 35.4 Å². The van der Waals surface area contributed by atoms with Gasteiger partial charge in [0.1, 0.15) is 0 Å². The minimum Gasteiger partial charge on any atom is -0.389 e. The van der Waals surface area contributed by atoms with E-state index in [-0.39, 0.29) is 0 Å². The molecule has 0 heterocycles. The Labute approximate surface area is 122 Å². The average molecular weight is 273 g/mol. The standard InChI is InChI=1S/C18H27NO/c1-14-3-2-10-18(20,11-14)13-19-12-15-4-6-16(7-5-15)17-8-9-17/h4-7,14,17,19-20H,2-3,8-13H2,1H3. The molecule has 2 nitrogen and oxygen atoms in total. The molecular weight excluding hydrogens is 246 g/mol. The molecule has 0 saturated heterocycles. The summed E-state index contributed by atoms with van der Waals surface area (Å²) in [5.41, 5.74) is 2.33. The molecule has 1 aromatic rings. The lowest BCUT2D eigenvalue weighted by Gasteiger charge is -2.35. The van der Waals surface area contributed by atoms with Gasteiger partial charge < -0.3 is 10.4 Å². The SMILES string of the molecule is CC1CCCC(O)(CNCc2ccc(C3CC3)cc2)C1. The Balaban J connectivity index is 1.46. The van der Waals surface area contributed by atoms with Gasteiger partial charge >= 0.3 is 0 Å².